The van der Waals surface area contributed by atoms with E-state index in [0.29, 0.717) is 38.7 Å². The van der Waals surface area contributed by atoms with Crippen LogP contribution in [-0.2, 0) is 6.54 Å². The average Bonchev–Trinajstić information content (AvgIpc) is 2.57. The normalized spacial score (nSPS) is 10.4. The molecule has 7 heteroatoms. The molecule has 1 amide bonds. The highest BCUT2D eigenvalue weighted by atomic mass is 35.5. The minimum atomic E-state index is -0.228. The Bertz CT molecular complexity index is 765. The van der Waals surface area contributed by atoms with Crippen molar-refractivity contribution in [3.8, 4) is 11.5 Å². The molecule has 4 nitrogen and oxygen atoms in total. The summed E-state index contributed by atoms with van der Waals surface area (Å²) in [4.78, 5) is 14.2. The van der Waals surface area contributed by atoms with E-state index in [4.69, 9.17) is 44.3 Å². The van der Waals surface area contributed by atoms with Crippen LogP contribution in [0.15, 0.2) is 30.3 Å². The predicted molar refractivity (Wildman–Crippen MR) is 96.8 cm³/mol. The van der Waals surface area contributed by atoms with Gasteiger partial charge in [0.1, 0.15) is 0 Å². The summed E-state index contributed by atoms with van der Waals surface area (Å²) < 4.78 is 10.4. The van der Waals surface area contributed by atoms with Gasteiger partial charge in [-0.1, -0.05) is 46.9 Å². The van der Waals surface area contributed by atoms with E-state index >= 15 is 0 Å². The van der Waals surface area contributed by atoms with E-state index in [1.165, 1.54) is 19.1 Å². The Hall–Kier alpha value is -1.62. The number of hydrogen-bond acceptors (Lipinski definition) is 3. The van der Waals surface area contributed by atoms with Gasteiger partial charge in [-0.2, -0.15) is 0 Å². The van der Waals surface area contributed by atoms with Crippen molar-refractivity contribution < 1.29 is 14.3 Å². The molecule has 0 aromatic heterocycles. The Morgan fingerprint density at radius 1 is 1.08 bits per heavy atom. The fraction of sp³-hybridized carbons (Fsp3) is 0.235. The molecule has 0 radical (unpaired) electrons. The minimum Gasteiger partial charge on any atom is -0.493 e. The first kappa shape index (κ1) is 18.7. The van der Waals surface area contributed by atoms with E-state index in [-0.39, 0.29) is 5.91 Å². The van der Waals surface area contributed by atoms with Crippen molar-refractivity contribution in [1.29, 1.82) is 0 Å². The average molecular weight is 389 g/mol. The van der Waals surface area contributed by atoms with Crippen molar-refractivity contribution in [3.05, 3.63) is 56.5 Å². The van der Waals surface area contributed by atoms with Crippen LogP contribution in [0.4, 0.5) is 0 Å². The van der Waals surface area contributed by atoms with Crippen LogP contribution in [-0.4, -0.2) is 32.1 Å². The molecular formula is C17H16Cl3NO3. The zero-order valence-electron chi connectivity index (χ0n) is 13.4. The molecule has 2 rings (SSSR count). The predicted octanol–water partition coefficient (Wildman–Crippen LogP) is 4.94. The number of halogens is 3. The summed E-state index contributed by atoms with van der Waals surface area (Å²) in [5.74, 6) is 0.549. The molecule has 0 saturated heterocycles. The fourth-order valence-corrected chi connectivity index (χ4v) is 2.93. The van der Waals surface area contributed by atoms with Crippen LogP contribution >= 0.6 is 34.8 Å². The van der Waals surface area contributed by atoms with Crippen LogP contribution in [0.2, 0.25) is 15.1 Å². The number of nitrogens with zero attached hydrogens (tertiary/aromatic N) is 1. The molecule has 0 atom stereocenters. The maximum atomic E-state index is 12.7. The molecule has 0 bridgehead atoms. The van der Waals surface area contributed by atoms with Crippen molar-refractivity contribution in [2.24, 2.45) is 0 Å². The van der Waals surface area contributed by atoms with Gasteiger partial charge in [0.25, 0.3) is 5.91 Å². The lowest BCUT2D eigenvalue weighted by Gasteiger charge is -2.19. The van der Waals surface area contributed by atoms with Gasteiger partial charge in [-0.3, -0.25) is 4.79 Å². The van der Waals surface area contributed by atoms with Crippen molar-refractivity contribution in [1.82, 2.24) is 4.90 Å². The second kappa shape index (κ2) is 7.97. The van der Waals surface area contributed by atoms with E-state index < -0.39 is 0 Å². The van der Waals surface area contributed by atoms with Crippen LogP contribution in [0.3, 0.4) is 0 Å². The van der Waals surface area contributed by atoms with Crippen molar-refractivity contribution >= 4 is 40.7 Å². The second-order valence-corrected chi connectivity index (χ2v) is 6.26. The molecule has 0 aliphatic heterocycles. The third kappa shape index (κ3) is 3.89. The van der Waals surface area contributed by atoms with E-state index in [1.54, 1.807) is 31.3 Å². The van der Waals surface area contributed by atoms with Gasteiger partial charge < -0.3 is 14.4 Å². The largest absolute Gasteiger partial charge is 0.493 e. The van der Waals surface area contributed by atoms with Gasteiger partial charge >= 0.3 is 0 Å². The molecule has 2 aromatic rings. The highest BCUT2D eigenvalue weighted by Crippen LogP contribution is 2.36. The highest BCUT2D eigenvalue weighted by Gasteiger charge is 2.19. The number of rotatable bonds is 5. The molecule has 0 aliphatic carbocycles. The van der Waals surface area contributed by atoms with E-state index in [0.717, 1.165) is 5.56 Å². The number of hydrogen-bond donors (Lipinski definition) is 0. The highest BCUT2D eigenvalue weighted by molar-refractivity contribution is 6.42. The third-order valence-corrected chi connectivity index (χ3v) is 4.61. The lowest BCUT2D eigenvalue weighted by atomic mass is 10.1. The molecule has 0 unspecified atom stereocenters. The van der Waals surface area contributed by atoms with Crippen molar-refractivity contribution in [3.63, 3.8) is 0 Å². The quantitative estimate of drug-likeness (QED) is 0.728. The van der Waals surface area contributed by atoms with E-state index in [9.17, 15) is 4.79 Å². The number of benzene rings is 2. The number of amides is 1. The Morgan fingerprint density at radius 3 is 2.42 bits per heavy atom. The zero-order chi connectivity index (χ0) is 17.9. The second-order valence-electron chi connectivity index (χ2n) is 5.07. The van der Waals surface area contributed by atoms with Gasteiger partial charge in [0.2, 0.25) is 0 Å². The first-order valence-corrected chi connectivity index (χ1v) is 8.12. The molecular weight excluding hydrogens is 373 g/mol. The van der Waals surface area contributed by atoms with E-state index in [2.05, 4.69) is 0 Å². The van der Waals surface area contributed by atoms with Crippen LogP contribution in [0.25, 0.3) is 0 Å². The molecule has 0 saturated carbocycles. The summed E-state index contributed by atoms with van der Waals surface area (Å²) in [5, 5.41) is 1.18. The smallest absolute Gasteiger partial charge is 0.254 e. The van der Waals surface area contributed by atoms with Gasteiger partial charge in [0.15, 0.2) is 11.5 Å². The van der Waals surface area contributed by atoms with Crippen molar-refractivity contribution in [2.45, 2.75) is 6.54 Å². The molecule has 0 aliphatic rings. The minimum absolute atomic E-state index is 0.228. The van der Waals surface area contributed by atoms with Crippen LogP contribution in [0.1, 0.15) is 15.9 Å². The monoisotopic (exact) mass is 387 g/mol. The lowest BCUT2D eigenvalue weighted by molar-refractivity contribution is 0.0784. The fourth-order valence-electron chi connectivity index (χ4n) is 2.26. The maximum absolute atomic E-state index is 12.7. The molecule has 0 heterocycles. The maximum Gasteiger partial charge on any atom is 0.254 e. The zero-order valence-corrected chi connectivity index (χ0v) is 15.7. The Kier molecular flexibility index (Phi) is 6.21. The molecule has 24 heavy (non-hydrogen) atoms. The van der Waals surface area contributed by atoms with Crippen LogP contribution in [0.5, 0.6) is 11.5 Å². The number of methoxy groups -OCH3 is 2. The molecule has 2 aromatic carbocycles. The molecule has 0 fully saturated rings. The summed E-state index contributed by atoms with van der Waals surface area (Å²) >= 11 is 18.3. The van der Waals surface area contributed by atoms with E-state index in [1.807, 2.05) is 6.07 Å². The lowest BCUT2D eigenvalue weighted by Crippen LogP contribution is -2.26. The Balaban J connectivity index is 2.28. The molecule has 0 spiro atoms. The Morgan fingerprint density at radius 2 is 1.79 bits per heavy atom. The first-order chi connectivity index (χ1) is 11.4. The summed E-state index contributed by atoms with van der Waals surface area (Å²) in [6.45, 7) is 0.310. The van der Waals surface area contributed by atoms with Gasteiger partial charge in [0.05, 0.1) is 29.3 Å². The number of carbonyl (C=O) groups is 1. The summed E-state index contributed by atoms with van der Waals surface area (Å²) in [6.07, 6.45) is 0. The van der Waals surface area contributed by atoms with Gasteiger partial charge in [-0.25, -0.2) is 0 Å². The van der Waals surface area contributed by atoms with Crippen LogP contribution in [0, 0.1) is 0 Å². The van der Waals surface area contributed by atoms with Gasteiger partial charge in [-0.15, -0.1) is 0 Å². The Labute approximate surface area is 155 Å². The first-order valence-electron chi connectivity index (χ1n) is 6.99. The number of ether oxygens (including phenoxy) is 2. The molecule has 0 N–H and O–H groups in total. The van der Waals surface area contributed by atoms with Gasteiger partial charge in [0, 0.05) is 19.2 Å². The van der Waals surface area contributed by atoms with Gasteiger partial charge in [-0.05, 0) is 23.8 Å². The SMILES string of the molecule is COc1cc(C(=O)N(C)Cc2cccc(Cl)c2Cl)cc(Cl)c1OC. The van der Waals surface area contributed by atoms with Crippen molar-refractivity contribution in [2.75, 3.05) is 21.3 Å². The van der Waals surface area contributed by atoms with Crippen LogP contribution < -0.4 is 9.47 Å². The summed E-state index contributed by atoms with van der Waals surface area (Å²) in [5.41, 5.74) is 1.14. The standard InChI is InChI=1S/C17H16Cl3NO3/c1-21(9-10-5-4-6-12(18)15(10)20)17(22)11-7-13(19)16(24-3)14(8-11)23-2/h4-8H,9H2,1-3H3. The summed E-state index contributed by atoms with van der Waals surface area (Å²) in [6, 6.07) is 8.43. The topological polar surface area (TPSA) is 38.8 Å². The third-order valence-electron chi connectivity index (χ3n) is 3.47. The molecule has 128 valence electrons. The summed E-state index contributed by atoms with van der Waals surface area (Å²) in [7, 11) is 4.64. The number of carbonyl (C=O) groups excluding carboxylic acids is 1.